The predicted octanol–water partition coefficient (Wildman–Crippen LogP) is 5.06. The van der Waals surface area contributed by atoms with Gasteiger partial charge in [0.25, 0.3) is 11.6 Å². The number of hydrogen-bond acceptors (Lipinski definition) is 7. The van der Waals surface area contributed by atoms with Crippen LogP contribution in [0.15, 0.2) is 39.3 Å². The Morgan fingerprint density at radius 2 is 1.82 bits per heavy atom. The molecule has 3 heterocycles. The van der Waals surface area contributed by atoms with Gasteiger partial charge < -0.3 is 19.0 Å². The van der Waals surface area contributed by atoms with Gasteiger partial charge in [-0.2, -0.15) is 0 Å². The molecule has 1 amide bonds. The molecule has 1 N–H and O–H groups in total. The van der Waals surface area contributed by atoms with Crippen LogP contribution in [-0.2, 0) is 9.53 Å². The number of nitrogens with zero attached hydrogens (tertiary/aromatic N) is 2. The molecule has 4 aromatic rings. The Morgan fingerprint density at radius 3 is 2.50 bits per heavy atom. The molecule has 0 radical (unpaired) electrons. The van der Waals surface area contributed by atoms with E-state index < -0.39 is 18.5 Å². The zero-order valence-corrected chi connectivity index (χ0v) is 20.1. The fourth-order valence-corrected chi connectivity index (χ4v) is 3.89. The number of carbonyl (C=O) groups excluding carboxylic acids is 2. The van der Waals surface area contributed by atoms with Gasteiger partial charge in [-0.25, -0.2) is 9.78 Å². The molecular formula is C26H27N3O5. The molecule has 8 heteroatoms. The minimum absolute atomic E-state index is 0.216. The largest absolute Gasteiger partial charge is 0.466 e. The number of hydrogen-bond donors (Lipinski definition) is 1. The molecule has 0 saturated heterocycles. The smallest absolute Gasteiger partial charge is 0.339 e. The van der Waals surface area contributed by atoms with Crippen LogP contribution in [0.2, 0.25) is 0 Å². The van der Waals surface area contributed by atoms with E-state index in [9.17, 15) is 9.59 Å². The van der Waals surface area contributed by atoms with Crippen LogP contribution in [0.25, 0.3) is 22.4 Å². The van der Waals surface area contributed by atoms with E-state index in [1.165, 1.54) is 5.56 Å². The molecule has 1 unspecified atom stereocenters. The van der Waals surface area contributed by atoms with E-state index in [1.54, 1.807) is 13.0 Å². The summed E-state index contributed by atoms with van der Waals surface area (Å²) in [6, 6.07) is 9.26. The van der Waals surface area contributed by atoms with Crippen molar-refractivity contribution in [3.63, 3.8) is 0 Å². The summed E-state index contributed by atoms with van der Waals surface area (Å²) >= 11 is 0. The number of pyridine rings is 1. The number of nitrogens with one attached hydrogen (secondary N) is 1. The van der Waals surface area contributed by atoms with Crippen molar-refractivity contribution in [1.82, 2.24) is 15.5 Å². The Hall–Kier alpha value is -3.94. The molecule has 4 rings (SSSR count). The summed E-state index contributed by atoms with van der Waals surface area (Å²) in [4.78, 5) is 30.0. The van der Waals surface area contributed by atoms with Crippen LogP contribution in [0.3, 0.4) is 0 Å². The SMILES string of the molecule is Cc1cc(-c2cc(C(=O)OCC(=O)NC(C)c3ccc(C)c(C)c3)c3c(C)noc3n2)c(C)o1. The molecule has 0 saturated carbocycles. The fraction of sp³-hybridized carbons (Fsp3) is 0.308. The number of furan rings is 1. The monoisotopic (exact) mass is 461 g/mol. The maximum Gasteiger partial charge on any atom is 0.339 e. The molecule has 1 atom stereocenters. The number of aromatic nitrogens is 2. The molecule has 34 heavy (non-hydrogen) atoms. The second-order valence-electron chi connectivity index (χ2n) is 8.54. The Labute approximate surface area is 197 Å². The fourth-order valence-electron chi connectivity index (χ4n) is 3.89. The molecule has 0 aliphatic heterocycles. The number of benzene rings is 1. The first-order valence-corrected chi connectivity index (χ1v) is 11.0. The first-order valence-electron chi connectivity index (χ1n) is 11.0. The number of fused-ring (bicyclic) bond motifs is 1. The highest BCUT2D eigenvalue weighted by Crippen LogP contribution is 2.30. The lowest BCUT2D eigenvalue weighted by Gasteiger charge is -2.16. The maximum atomic E-state index is 13.0. The highest BCUT2D eigenvalue weighted by atomic mass is 16.5. The van der Waals surface area contributed by atoms with E-state index in [1.807, 2.05) is 58.9 Å². The second kappa shape index (κ2) is 9.13. The van der Waals surface area contributed by atoms with Crippen molar-refractivity contribution in [3.8, 4) is 11.3 Å². The molecule has 176 valence electrons. The zero-order chi connectivity index (χ0) is 24.6. The van der Waals surface area contributed by atoms with Gasteiger partial charge in [-0.1, -0.05) is 23.4 Å². The Balaban J connectivity index is 1.52. The molecule has 0 spiro atoms. The topological polar surface area (TPSA) is 107 Å². The lowest BCUT2D eigenvalue weighted by molar-refractivity contribution is -0.124. The van der Waals surface area contributed by atoms with Gasteiger partial charge in [0, 0.05) is 5.56 Å². The molecule has 1 aromatic carbocycles. The first-order chi connectivity index (χ1) is 16.1. The third-order valence-electron chi connectivity index (χ3n) is 5.90. The van der Waals surface area contributed by atoms with Crippen molar-refractivity contribution in [3.05, 3.63) is 69.8 Å². The van der Waals surface area contributed by atoms with E-state index in [4.69, 9.17) is 13.7 Å². The predicted molar refractivity (Wildman–Crippen MR) is 126 cm³/mol. The third kappa shape index (κ3) is 4.57. The van der Waals surface area contributed by atoms with Crippen LogP contribution < -0.4 is 5.32 Å². The minimum atomic E-state index is -0.660. The number of amides is 1. The van der Waals surface area contributed by atoms with E-state index >= 15 is 0 Å². The van der Waals surface area contributed by atoms with E-state index in [0.717, 1.165) is 22.5 Å². The minimum Gasteiger partial charge on any atom is -0.466 e. The Bertz CT molecular complexity index is 1400. The van der Waals surface area contributed by atoms with Gasteiger partial charge in [0.05, 0.1) is 28.4 Å². The summed E-state index contributed by atoms with van der Waals surface area (Å²) in [5, 5.41) is 7.26. The van der Waals surface area contributed by atoms with Crippen LogP contribution >= 0.6 is 0 Å². The summed E-state index contributed by atoms with van der Waals surface area (Å²) in [6.45, 7) is 10.9. The number of aryl methyl sites for hydroxylation is 5. The van der Waals surface area contributed by atoms with Crippen LogP contribution in [0.1, 0.15) is 57.2 Å². The van der Waals surface area contributed by atoms with Gasteiger partial charge in [0.2, 0.25) is 0 Å². The normalized spacial score (nSPS) is 12.1. The number of carbonyl (C=O) groups is 2. The second-order valence-corrected chi connectivity index (χ2v) is 8.54. The van der Waals surface area contributed by atoms with Crippen molar-refractivity contribution in [2.24, 2.45) is 0 Å². The molecule has 0 aliphatic rings. The summed E-state index contributed by atoms with van der Waals surface area (Å²) in [7, 11) is 0. The van der Waals surface area contributed by atoms with E-state index in [0.29, 0.717) is 22.5 Å². The van der Waals surface area contributed by atoms with Gasteiger partial charge in [-0.3, -0.25) is 4.79 Å². The van der Waals surface area contributed by atoms with Gasteiger partial charge in [-0.15, -0.1) is 0 Å². The average Bonchev–Trinajstić information content (AvgIpc) is 3.34. The van der Waals surface area contributed by atoms with Crippen LogP contribution in [0.4, 0.5) is 0 Å². The third-order valence-corrected chi connectivity index (χ3v) is 5.90. The van der Waals surface area contributed by atoms with Crippen molar-refractivity contribution in [1.29, 1.82) is 0 Å². The molecule has 0 aliphatic carbocycles. The van der Waals surface area contributed by atoms with Gasteiger partial charge >= 0.3 is 5.97 Å². The van der Waals surface area contributed by atoms with Gasteiger partial charge in [0.1, 0.15) is 11.5 Å². The van der Waals surface area contributed by atoms with E-state index in [2.05, 4.69) is 15.5 Å². The molecule has 8 nitrogen and oxygen atoms in total. The van der Waals surface area contributed by atoms with Gasteiger partial charge in [0.15, 0.2) is 6.61 Å². The zero-order valence-electron chi connectivity index (χ0n) is 20.1. The Morgan fingerprint density at radius 1 is 1.06 bits per heavy atom. The maximum absolute atomic E-state index is 13.0. The molecule has 0 fully saturated rings. The van der Waals surface area contributed by atoms with Crippen molar-refractivity contribution < 1.29 is 23.3 Å². The number of ether oxygens (including phenoxy) is 1. The summed E-state index contributed by atoms with van der Waals surface area (Å²) in [5.74, 6) is 0.334. The van der Waals surface area contributed by atoms with Crippen LogP contribution in [-0.4, -0.2) is 28.6 Å². The highest BCUT2D eigenvalue weighted by molar-refractivity contribution is 6.04. The molecular weight excluding hydrogens is 434 g/mol. The molecule has 0 bridgehead atoms. The Kier molecular flexibility index (Phi) is 6.24. The van der Waals surface area contributed by atoms with Crippen molar-refractivity contribution in [2.45, 2.75) is 47.6 Å². The standard InChI is InChI=1S/C26H27N3O5/c1-13-7-8-19(9-14(13)2)16(4)27-23(30)12-32-26(31)21-11-22(20-10-15(3)33-18(20)6)28-25-24(21)17(5)29-34-25/h7-11,16H,12H2,1-6H3,(H,27,30). The summed E-state index contributed by atoms with van der Waals surface area (Å²) in [6.07, 6.45) is 0. The van der Waals surface area contributed by atoms with Crippen molar-refractivity contribution in [2.75, 3.05) is 6.61 Å². The number of esters is 1. The lowest BCUT2D eigenvalue weighted by atomic mass is 10.0. The van der Waals surface area contributed by atoms with Crippen molar-refractivity contribution >= 4 is 23.0 Å². The van der Waals surface area contributed by atoms with Gasteiger partial charge in [-0.05, 0) is 70.4 Å². The van der Waals surface area contributed by atoms with E-state index in [-0.39, 0.29) is 17.3 Å². The number of rotatable bonds is 6. The quantitative estimate of drug-likeness (QED) is 0.400. The van der Waals surface area contributed by atoms with Crippen LogP contribution in [0.5, 0.6) is 0 Å². The average molecular weight is 462 g/mol. The van der Waals surface area contributed by atoms with Crippen LogP contribution in [0, 0.1) is 34.6 Å². The molecule has 3 aromatic heterocycles. The first kappa shape index (κ1) is 23.2. The lowest BCUT2D eigenvalue weighted by Crippen LogP contribution is -2.31. The summed E-state index contributed by atoms with van der Waals surface area (Å²) < 4.78 is 16.3. The summed E-state index contributed by atoms with van der Waals surface area (Å²) in [5.41, 5.74) is 5.50. The highest BCUT2D eigenvalue weighted by Gasteiger charge is 2.23.